The second-order valence-corrected chi connectivity index (χ2v) is 4.65. The zero-order valence-electron chi connectivity index (χ0n) is 8.96. The molecule has 0 radical (unpaired) electrons. The predicted molar refractivity (Wildman–Crippen MR) is 64.3 cm³/mol. The van der Waals surface area contributed by atoms with Crippen LogP contribution in [0.15, 0.2) is 18.3 Å². The largest absolute Gasteiger partial charge is 0.351 e. The van der Waals surface area contributed by atoms with E-state index in [1.54, 1.807) is 18.3 Å². The first-order valence-corrected chi connectivity index (χ1v) is 5.90. The smallest absolute Gasteiger partial charge is 0.253 e. The minimum absolute atomic E-state index is 0.0569. The van der Waals surface area contributed by atoms with Crippen LogP contribution in [0.4, 0.5) is 0 Å². The average Bonchev–Trinajstić information content (AvgIpc) is 2.26. The summed E-state index contributed by atoms with van der Waals surface area (Å²) >= 11 is 3.47. The van der Waals surface area contributed by atoms with Gasteiger partial charge in [-0.3, -0.25) is 9.78 Å². The molecular formula is C11H15BrN2O. The molecule has 0 fully saturated rings. The number of nitrogens with zero attached hydrogens (tertiary/aromatic N) is 1. The zero-order chi connectivity index (χ0) is 11.3. The Balaban J connectivity index is 2.58. The van der Waals surface area contributed by atoms with E-state index in [0.29, 0.717) is 16.9 Å². The first-order valence-electron chi connectivity index (χ1n) is 4.99. The van der Waals surface area contributed by atoms with Crippen LogP contribution in [0.25, 0.3) is 0 Å². The van der Waals surface area contributed by atoms with E-state index in [-0.39, 0.29) is 5.91 Å². The normalized spacial score (nSPS) is 12.2. The molecule has 0 spiro atoms. The summed E-state index contributed by atoms with van der Waals surface area (Å²) in [4.78, 5) is 16.1. The molecule has 1 aromatic rings. The first-order chi connectivity index (χ1) is 7.15. The fraction of sp³-hybridized carbons (Fsp3) is 0.455. The highest BCUT2D eigenvalue weighted by atomic mass is 79.9. The van der Waals surface area contributed by atoms with Crippen LogP contribution in [-0.2, 0) is 0 Å². The van der Waals surface area contributed by atoms with Gasteiger partial charge in [0.05, 0.1) is 5.56 Å². The van der Waals surface area contributed by atoms with Gasteiger partial charge < -0.3 is 5.32 Å². The molecule has 4 heteroatoms. The minimum atomic E-state index is -0.0569. The van der Waals surface area contributed by atoms with Gasteiger partial charge in [-0.1, -0.05) is 22.9 Å². The van der Waals surface area contributed by atoms with Gasteiger partial charge in [0, 0.05) is 23.3 Å². The summed E-state index contributed by atoms with van der Waals surface area (Å²) in [7, 11) is 0. The molecule has 1 atom stereocenters. The van der Waals surface area contributed by atoms with E-state index >= 15 is 0 Å². The van der Waals surface area contributed by atoms with Crippen molar-refractivity contribution in [3.05, 3.63) is 29.6 Å². The number of carbonyl (C=O) groups is 1. The third-order valence-electron chi connectivity index (χ3n) is 2.18. The van der Waals surface area contributed by atoms with Gasteiger partial charge in [0.15, 0.2) is 0 Å². The SMILES string of the molecule is CCC(Br)CNC(=O)c1cccnc1C. The number of pyridine rings is 1. The molecule has 0 aromatic carbocycles. The van der Waals surface area contributed by atoms with Crippen molar-refractivity contribution in [2.24, 2.45) is 0 Å². The Hall–Kier alpha value is -0.900. The quantitative estimate of drug-likeness (QED) is 0.854. The van der Waals surface area contributed by atoms with Crippen molar-refractivity contribution in [3.63, 3.8) is 0 Å². The second kappa shape index (κ2) is 5.85. The molecule has 0 aliphatic carbocycles. The average molecular weight is 271 g/mol. The number of alkyl halides is 1. The number of hydrogen-bond donors (Lipinski definition) is 1. The highest BCUT2D eigenvalue weighted by Crippen LogP contribution is 2.05. The van der Waals surface area contributed by atoms with Crippen LogP contribution < -0.4 is 5.32 Å². The van der Waals surface area contributed by atoms with Gasteiger partial charge in [-0.2, -0.15) is 0 Å². The van der Waals surface area contributed by atoms with E-state index in [1.165, 1.54) is 0 Å². The standard InChI is InChI=1S/C11H15BrN2O/c1-3-9(12)7-14-11(15)10-5-4-6-13-8(10)2/h4-6,9H,3,7H2,1-2H3,(H,14,15). The lowest BCUT2D eigenvalue weighted by atomic mass is 10.2. The van der Waals surface area contributed by atoms with Gasteiger partial charge in [0.2, 0.25) is 0 Å². The summed E-state index contributed by atoms with van der Waals surface area (Å²) in [6.07, 6.45) is 2.68. The van der Waals surface area contributed by atoms with Gasteiger partial charge in [-0.15, -0.1) is 0 Å². The highest BCUT2D eigenvalue weighted by Gasteiger charge is 2.09. The Kier molecular flexibility index (Phi) is 4.75. The molecule has 3 nitrogen and oxygen atoms in total. The number of hydrogen-bond acceptors (Lipinski definition) is 2. The van der Waals surface area contributed by atoms with Crippen LogP contribution in [0.1, 0.15) is 29.4 Å². The number of aromatic nitrogens is 1. The van der Waals surface area contributed by atoms with E-state index in [4.69, 9.17) is 0 Å². The Morgan fingerprint density at radius 3 is 3.00 bits per heavy atom. The molecule has 15 heavy (non-hydrogen) atoms. The van der Waals surface area contributed by atoms with Crippen molar-refractivity contribution >= 4 is 21.8 Å². The number of aryl methyl sites for hydroxylation is 1. The molecule has 1 rings (SSSR count). The molecular weight excluding hydrogens is 256 g/mol. The molecule has 0 bridgehead atoms. The summed E-state index contributed by atoms with van der Waals surface area (Å²) in [5, 5.41) is 2.86. The van der Waals surface area contributed by atoms with Gasteiger partial charge in [0.25, 0.3) is 5.91 Å². The van der Waals surface area contributed by atoms with Crippen molar-refractivity contribution in [1.82, 2.24) is 10.3 Å². The lowest BCUT2D eigenvalue weighted by Gasteiger charge is -2.09. The van der Waals surface area contributed by atoms with Crippen LogP contribution in [-0.4, -0.2) is 22.3 Å². The first kappa shape index (κ1) is 12.2. The third-order valence-corrected chi connectivity index (χ3v) is 3.15. The Morgan fingerprint density at radius 2 is 2.40 bits per heavy atom. The molecule has 0 aliphatic rings. The number of carbonyl (C=O) groups excluding carboxylic acids is 1. The monoisotopic (exact) mass is 270 g/mol. The summed E-state index contributed by atoms with van der Waals surface area (Å²) in [5.41, 5.74) is 1.41. The number of rotatable bonds is 4. The van der Waals surface area contributed by atoms with E-state index in [9.17, 15) is 4.79 Å². The van der Waals surface area contributed by atoms with Crippen molar-refractivity contribution in [3.8, 4) is 0 Å². The number of nitrogens with one attached hydrogen (secondary N) is 1. The molecule has 0 saturated heterocycles. The van der Waals surface area contributed by atoms with Crippen molar-refractivity contribution in [2.75, 3.05) is 6.54 Å². The lowest BCUT2D eigenvalue weighted by molar-refractivity contribution is 0.0953. The maximum absolute atomic E-state index is 11.7. The summed E-state index contributed by atoms with van der Waals surface area (Å²) in [5.74, 6) is -0.0569. The molecule has 1 N–H and O–H groups in total. The van der Waals surface area contributed by atoms with Gasteiger partial charge in [0.1, 0.15) is 0 Å². The van der Waals surface area contributed by atoms with E-state index in [1.807, 2.05) is 6.92 Å². The molecule has 1 amide bonds. The highest BCUT2D eigenvalue weighted by molar-refractivity contribution is 9.09. The number of halogens is 1. The van der Waals surface area contributed by atoms with Crippen molar-refractivity contribution in [2.45, 2.75) is 25.1 Å². The predicted octanol–water partition coefficient (Wildman–Crippen LogP) is 2.29. The molecule has 1 heterocycles. The number of amides is 1. The molecule has 0 aliphatic heterocycles. The van der Waals surface area contributed by atoms with Crippen LogP contribution in [0, 0.1) is 6.92 Å². The molecule has 1 aromatic heterocycles. The van der Waals surface area contributed by atoms with Gasteiger partial charge in [-0.25, -0.2) is 0 Å². The summed E-state index contributed by atoms with van der Waals surface area (Å²) in [6.45, 7) is 4.55. The Morgan fingerprint density at radius 1 is 1.67 bits per heavy atom. The molecule has 1 unspecified atom stereocenters. The Bertz CT molecular complexity index is 341. The minimum Gasteiger partial charge on any atom is -0.351 e. The maximum Gasteiger partial charge on any atom is 0.253 e. The van der Waals surface area contributed by atoms with Crippen LogP contribution in [0.3, 0.4) is 0 Å². The van der Waals surface area contributed by atoms with Gasteiger partial charge >= 0.3 is 0 Å². The summed E-state index contributed by atoms with van der Waals surface area (Å²) < 4.78 is 0. The van der Waals surface area contributed by atoms with E-state index < -0.39 is 0 Å². The molecule has 82 valence electrons. The van der Waals surface area contributed by atoms with Crippen molar-refractivity contribution in [1.29, 1.82) is 0 Å². The Labute approximate surface area is 98.4 Å². The molecule has 0 saturated carbocycles. The van der Waals surface area contributed by atoms with Crippen molar-refractivity contribution < 1.29 is 4.79 Å². The van der Waals surface area contributed by atoms with Crippen LogP contribution in [0.2, 0.25) is 0 Å². The van der Waals surface area contributed by atoms with Crippen LogP contribution in [0.5, 0.6) is 0 Å². The van der Waals surface area contributed by atoms with Crippen LogP contribution >= 0.6 is 15.9 Å². The zero-order valence-corrected chi connectivity index (χ0v) is 10.5. The van der Waals surface area contributed by atoms with Gasteiger partial charge in [-0.05, 0) is 25.5 Å². The van der Waals surface area contributed by atoms with E-state index in [0.717, 1.165) is 12.1 Å². The fourth-order valence-electron chi connectivity index (χ4n) is 1.17. The third kappa shape index (κ3) is 3.63. The maximum atomic E-state index is 11.7. The summed E-state index contributed by atoms with van der Waals surface area (Å²) in [6, 6.07) is 3.56. The second-order valence-electron chi connectivity index (χ2n) is 3.35. The van der Waals surface area contributed by atoms with E-state index in [2.05, 4.69) is 33.2 Å². The fourth-order valence-corrected chi connectivity index (χ4v) is 1.33. The topological polar surface area (TPSA) is 42.0 Å². The lowest BCUT2D eigenvalue weighted by Crippen LogP contribution is -2.29.